The molecule has 3 heterocycles. The van der Waals surface area contributed by atoms with Gasteiger partial charge in [-0.2, -0.15) is 0 Å². The molecule has 0 aromatic carbocycles. The Bertz CT molecular complexity index is 1060. The van der Waals surface area contributed by atoms with Crippen LogP contribution >= 0.6 is 11.3 Å². The highest BCUT2D eigenvalue weighted by molar-refractivity contribution is 7.17. The molecule has 186 valence electrons. The number of aryl methyl sites for hydroxylation is 1. The van der Waals surface area contributed by atoms with Crippen LogP contribution in [0.2, 0.25) is 0 Å². The number of hydrogen-bond donors (Lipinski definition) is 2. The molecule has 2 aromatic heterocycles. The number of nitrogens with one attached hydrogen (secondary N) is 2. The molecule has 2 atom stereocenters. The normalized spacial score (nSPS) is 17.6. The number of pyridine rings is 1. The molecule has 7 nitrogen and oxygen atoms in total. The average molecular weight is 486 g/mol. The lowest BCUT2D eigenvalue weighted by Crippen LogP contribution is -2.41. The number of aromatic nitrogens is 2. The third-order valence-electron chi connectivity index (χ3n) is 6.34. The van der Waals surface area contributed by atoms with Crippen LogP contribution in [0.5, 0.6) is 0 Å². The molecule has 1 aliphatic rings. The van der Waals surface area contributed by atoms with Crippen molar-refractivity contribution < 1.29 is 9.59 Å². The summed E-state index contributed by atoms with van der Waals surface area (Å²) in [5.74, 6) is 0.408. The second kappa shape index (κ2) is 9.64. The lowest BCUT2D eigenvalue weighted by molar-refractivity contribution is 0.0743. The van der Waals surface area contributed by atoms with Crippen LogP contribution in [0.15, 0.2) is 12.3 Å². The van der Waals surface area contributed by atoms with Gasteiger partial charge in [0.15, 0.2) is 5.01 Å². The standard InChI is InChI=1S/C26H39N5O2S/c1-15-13-19(30-26(7,8)9)27-14-18(15)21-20(24(33)31-12-10-11-16(31)2)29-23(34-21)22(32)28-17(3)25(4,5)6/h13-14,16-17H,10-12H2,1-9H3,(H,27,30)(H,28,32)/t16-,17-/m0/s1. The molecular formula is C26H39N5O2S. The van der Waals surface area contributed by atoms with Gasteiger partial charge in [-0.1, -0.05) is 20.8 Å². The fraction of sp³-hybridized carbons (Fsp3) is 0.615. The van der Waals surface area contributed by atoms with Crippen molar-refractivity contribution >= 4 is 29.0 Å². The van der Waals surface area contributed by atoms with E-state index in [9.17, 15) is 9.59 Å². The first kappa shape index (κ1) is 26.1. The van der Waals surface area contributed by atoms with E-state index in [1.54, 1.807) is 6.20 Å². The lowest BCUT2D eigenvalue weighted by Gasteiger charge is -2.27. The molecule has 0 aliphatic carbocycles. The molecular weight excluding hydrogens is 446 g/mol. The van der Waals surface area contributed by atoms with Gasteiger partial charge >= 0.3 is 0 Å². The lowest BCUT2D eigenvalue weighted by atomic mass is 9.88. The molecule has 0 radical (unpaired) electrons. The van der Waals surface area contributed by atoms with E-state index in [-0.39, 0.29) is 34.9 Å². The van der Waals surface area contributed by atoms with Gasteiger partial charge in [0.05, 0.1) is 4.88 Å². The minimum absolute atomic E-state index is 0.0451. The van der Waals surface area contributed by atoms with E-state index in [0.717, 1.165) is 29.8 Å². The third kappa shape index (κ3) is 5.95. The molecule has 34 heavy (non-hydrogen) atoms. The topological polar surface area (TPSA) is 87.2 Å². The Balaban J connectivity index is 2.03. The molecule has 1 aliphatic heterocycles. The number of nitrogens with zero attached hydrogens (tertiary/aromatic N) is 3. The highest BCUT2D eigenvalue weighted by Gasteiger charge is 2.32. The zero-order valence-electron chi connectivity index (χ0n) is 22.0. The SMILES string of the molecule is Cc1cc(NC(C)(C)C)ncc1-c1sc(C(=O)N[C@@H](C)C(C)(C)C)nc1C(=O)N1CCC[C@@H]1C. The van der Waals surface area contributed by atoms with Gasteiger partial charge in [0.25, 0.3) is 11.8 Å². The summed E-state index contributed by atoms with van der Waals surface area (Å²) < 4.78 is 0. The van der Waals surface area contributed by atoms with Crippen LogP contribution in [0.25, 0.3) is 10.4 Å². The zero-order valence-corrected chi connectivity index (χ0v) is 22.8. The van der Waals surface area contributed by atoms with Gasteiger partial charge in [-0.05, 0) is 71.4 Å². The minimum atomic E-state index is -0.251. The molecule has 0 unspecified atom stereocenters. The molecule has 2 amide bonds. The minimum Gasteiger partial charge on any atom is -0.365 e. The van der Waals surface area contributed by atoms with Crippen LogP contribution in [0, 0.1) is 12.3 Å². The molecule has 2 aromatic rings. The highest BCUT2D eigenvalue weighted by Crippen LogP contribution is 2.35. The summed E-state index contributed by atoms with van der Waals surface area (Å²) in [4.78, 5) is 38.4. The van der Waals surface area contributed by atoms with Gasteiger partial charge < -0.3 is 15.5 Å². The average Bonchev–Trinajstić information content (AvgIpc) is 3.32. The monoisotopic (exact) mass is 485 g/mol. The van der Waals surface area contributed by atoms with Crippen molar-refractivity contribution in [2.45, 2.75) is 92.8 Å². The van der Waals surface area contributed by atoms with Gasteiger partial charge in [-0.15, -0.1) is 11.3 Å². The molecule has 0 spiro atoms. The maximum Gasteiger partial charge on any atom is 0.280 e. The first-order chi connectivity index (χ1) is 15.7. The summed E-state index contributed by atoms with van der Waals surface area (Å²) in [7, 11) is 0. The van der Waals surface area contributed by atoms with Gasteiger partial charge in [0, 0.05) is 35.9 Å². The zero-order chi connectivity index (χ0) is 25.4. The Hall–Kier alpha value is -2.48. The van der Waals surface area contributed by atoms with Gasteiger partial charge in [-0.3, -0.25) is 9.59 Å². The Morgan fingerprint density at radius 1 is 1.21 bits per heavy atom. The van der Waals surface area contributed by atoms with E-state index in [4.69, 9.17) is 0 Å². The summed E-state index contributed by atoms with van der Waals surface area (Å²) in [5, 5.41) is 6.74. The summed E-state index contributed by atoms with van der Waals surface area (Å²) >= 11 is 1.26. The summed E-state index contributed by atoms with van der Waals surface area (Å²) in [5.41, 5.74) is 1.94. The van der Waals surface area contributed by atoms with Gasteiger partial charge in [0.1, 0.15) is 11.5 Å². The van der Waals surface area contributed by atoms with E-state index >= 15 is 0 Å². The molecule has 0 bridgehead atoms. The third-order valence-corrected chi connectivity index (χ3v) is 7.43. The van der Waals surface area contributed by atoms with Crippen molar-refractivity contribution in [2.24, 2.45) is 5.41 Å². The number of likely N-dealkylation sites (tertiary alicyclic amines) is 1. The molecule has 8 heteroatoms. The summed E-state index contributed by atoms with van der Waals surface area (Å²) in [6.07, 6.45) is 3.74. The van der Waals surface area contributed by atoms with Crippen LogP contribution in [0.3, 0.4) is 0 Å². The molecule has 3 rings (SSSR count). The Morgan fingerprint density at radius 3 is 2.41 bits per heavy atom. The molecule has 0 saturated carbocycles. The van der Waals surface area contributed by atoms with Crippen molar-refractivity contribution in [3.8, 4) is 10.4 Å². The number of carbonyl (C=O) groups excluding carboxylic acids is 2. The van der Waals surface area contributed by atoms with Gasteiger partial charge in [0.2, 0.25) is 0 Å². The summed E-state index contributed by atoms with van der Waals surface area (Å²) in [6.45, 7) is 19.2. The van der Waals surface area contributed by atoms with E-state index in [2.05, 4.69) is 69.1 Å². The van der Waals surface area contributed by atoms with Crippen LogP contribution in [0.1, 0.15) is 94.1 Å². The van der Waals surface area contributed by atoms with Crippen molar-refractivity contribution in [3.05, 3.63) is 28.5 Å². The van der Waals surface area contributed by atoms with E-state index in [1.807, 2.05) is 24.8 Å². The quantitative estimate of drug-likeness (QED) is 0.583. The van der Waals surface area contributed by atoms with Crippen molar-refractivity contribution in [1.82, 2.24) is 20.2 Å². The highest BCUT2D eigenvalue weighted by atomic mass is 32.1. The van der Waals surface area contributed by atoms with Gasteiger partial charge in [-0.25, -0.2) is 9.97 Å². The first-order valence-corrected chi connectivity index (χ1v) is 12.9. The number of amides is 2. The smallest absolute Gasteiger partial charge is 0.280 e. The predicted molar refractivity (Wildman–Crippen MR) is 140 cm³/mol. The van der Waals surface area contributed by atoms with Crippen molar-refractivity contribution in [2.75, 3.05) is 11.9 Å². The van der Waals surface area contributed by atoms with E-state index in [1.165, 1.54) is 11.3 Å². The molecule has 2 N–H and O–H groups in total. The van der Waals surface area contributed by atoms with Crippen LogP contribution < -0.4 is 10.6 Å². The van der Waals surface area contributed by atoms with E-state index in [0.29, 0.717) is 22.1 Å². The fourth-order valence-electron chi connectivity index (χ4n) is 3.84. The molecule has 1 saturated heterocycles. The number of anilines is 1. The summed E-state index contributed by atoms with van der Waals surface area (Å²) in [6, 6.07) is 2.10. The number of rotatable bonds is 5. The maximum absolute atomic E-state index is 13.5. The molecule has 1 fully saturated rings. The second-order valence-corrected chi connectivity index (χ2v) is 12.5. The Kier molecular flexibility index (Phi) is 7.41. The number of thiazole rings is 1. The Labute approximate surface area is 207 Å². The van der Waals surface area contributed by atoms with Crippen molar-refractivity contribution in [3.63, 3.8) is 0 Å². The van der Waals surface area contributed by atoms with E-state index < -0.39 is 0 Å². The van der Waals surface area contributed by atoms with Crippen LogP contribution in [-0.4, -0.2) is 50.8 Å². The predicted octanol–water partition coefficient (Wildman–Crippen LogP) is 5.51. The second-order valence-electron chi connectivity index (χ2n) is 11.5. The fourth-order valence-corrected chi connectivity index (χ4v) is 4.87. The van der Waals surface area contributed by atoms with Crippen LogP contribution in [-0.2, 0) is 0 Å². The first-order valence-electron chi connectivity index (χ1n) is 12.0. The maximum atomic E-state index is 13.5. The van der Waals surface area contributed by atoms with Crippen LogP contribution in [0.4, 0.5) is 5.82 Å². The Morgan fingerprint density at radius 2 is 1.88 bits per heavy atom. The number of hydrogen-bond acceptors (Lipinski definition) is 6. The largest absolute Gasteiger partial charge is 0.365 e. The van der Waals surface area contributed by atoms with Crippen molar-refractivity contribution in [1.29, 1.82) is 0 Å². The number of carbonyl (C=O) groups is 2.